The third kappa shape index (κ3) is 3.96. The van der Waals surface area contributed by atoms with Gasteiger partial charge < -0.3 is 9.64 Å². The molecule has 0 bridgehead atoms. The molecule has 0 aliphatic carbocycles. The number of ether oxygens (including phenoxy) is 1. The van der Waals surface area contributed by atoms with E-state index >= 15 is 0 Å². The van der Waals surface area contributed by atoms with E-state index < -0.39 is 0 Å². The first-order valence-corrected chi connectivity index (χ1v) is 7.36. The summed E-state index contributed by atoms with van der Waals surface area (Å²) in [5.41, 5.74) is 2.00. The van der Waals surface area contributed by atoms with Crippen molar-refractivity contribution in [1.29, 1.82) is 0 Å². The molecule has 3 nitrogen and oxygen atoms in total. The third-order valence-electron chi connectivity index (χ3n) is 2.94. The van der Waals surface area contributed by atoms with Gasteiger partial charge in [-0.05, 0) is 71.5 Å². The van der Waals surface area contributed by atoms with Gasteiger partial charge in [0, 0.05) is 16.3 Å². The van der Waals surface area contributed by atoms with Crippen molar-refractivity contribution < 1.29 is 9.53 Å². The predicted octanol–water partition coefficient (Wildman–Crippen LogP) is 3.64. The van der Waals surface area contributed by atoms with E-state index in [-0.39, 0.29) is 12.5 Å². The van der Waals surface area contributed by atoms with Gasteiger partial charge >= 0.3 is 0 Å². The van der Waals surface area contributed by atoms with Crippen LogP contribution in [0.15, 0.2) is 48.5 Å². The highest BCUT2D eigenvalue weighted by Gasteiger charge is 2.11. The zero-order chi connectivity index (χ0) is 14.5. The Hall–Kier alpha value is -1.56. The zero-order valence-electron chi connectivity index (χ0n) is 11.5. The van der Waals surface area contributed by atoms with Gasteiger partial charge in [0.25, 0.3) is 5.91 Å². The first kappa shape index (κ1) is 14.8. The second-order valence-electron chi connectivity index (χ2n) is 4.53. The van der Waals surface area contributed by atoms with E-state index in [2.05, 4.69) is 22.6 Å². The molecule has 1 amide bonds. The molecule has 0 N–H and O–H groups in total. The standard InChI is InChI=1S/C16H16INO2/c1-12-4-3-5-14(10-12)18(2)16(19)11-20-15-8-6-13(17)7-9-15/h3-10H,11H2,1-2H3. The molecule has 0 atom stereocenters. The van der Waals surface area contributed by atoms with Crippen LogP contribution < -0.4 is 9.64 Å². The average molecular weight is 381 g/mol. The summed E-state index contributed by atoms with van der Waals surface area (Å²) in [6.07, 6.45) is 0. The Kier molecular flexibility index (Phi) is 5.00. The van der Waals surface area contributed by atoms with E-state index in [1.165, 1.54) is 0 Å². The molecule has 0 radical (unpaired) electrons. The number of carbonyl (C=O) groups is 1. The van der Waals surface area contributed by atoms with E-state index in [0.717, 1.165) is 14.8 Å². The normalized spacial score (nSPS) is 10.2. The molecule has 0 unspecified atom stereocenters. The minimum Gasteiger partial charge on any atom is -0.484 e. The lowest BCUT2D eigenvalue weighted by atomic mass is 10.2. The van der Waals surface area contributed by atoms with Crippen molar-refractivity contribution in [1.82, 2.24) is 0 Å². The van der Waals surface area contributed by atoms with Crippen molar-refractivity contribution in [2.24, 2.45) is 0 Å². The number of anilines is 1. The Morgan fingerprint density at radius 2 is 1.90 bits per heavy atom. The average Bonchev–Trinajstić information content (AvgIpc) is 2.45. The summed E-state index contributed by atoms with van der Waals surface area (Å²) in [5, 5.41) is 0. The molecule has 2 aromatic rings. The molecule has 0 aliphatic rings. The van der Waals surface area contributed by atoms with Crippen LogP contribution in [0.4, 0.5) is 5.69 Å². The highest BCUT2D eigenvalue weighted by molar-refractivity contribution is 14.1. The number of benzene rings is 2. The predicted molar refractivity (Wildman–Crippen MR) is 89.2 cm³/mol. The van der Waals surface area contributed by atoms with Gasteiger partial charge in [0.2, 0.25) is 0 Å². The second kappa shape index (κ2) is 6.74. The fourth-order valence-corrected chi connectivity index (χ4v) is 2.11. The van der Waals surface area contributed by atoms with Crippen LogP contribution in [0.25, 0.3) is 0 Å². The SMILES string of the molecule is Cc1cccc(N(C)C(=O)COc2ccc(I)cc2)c1. The molecule has 0 aliphatic heterocycles. The molecular formula is C16H16INO2. The first-order valence-electron chi connectivity index (χ1n) is 6.28. The van der Waals surface area contributed by atoms with Crippen molar-refractivity contribution in [3.63, 3.8) is 0 Å². The highest BCUT2D eigenvalue weighted by Crippen LogP contribution is 2.16. The number of carbonyl (C=O) groups excluding carboxylic acids is 1. The first-order chi connectivity index (χ1) is 9.56. The van der Waals surface area contributed by atoms with Crippen molar-refractivity contribution in [3.8, 4) is 5.75 Å². The lowest BCUT2D eigenvalue weighted by Gasteiger charge is -2.18. The molecule has 20 heavy (non-hydrogen) atoms. The number of nitrogens with zero attached hydrogens (tertiary/aromatic N) is 1. The molecule has 2 rings (SSSR count). The monoisotopic (exact) mass is 381 g/mol. The van der Waals surface area contributed by atoms with Gasteiger partial charge in [-0.2, -0.15) is 0 Å². The Labute approximate surface area is 132 Å². The number of hydrogen-bond acceptors (Lipinski definition) is 2. The molecular weight excluding hydrogens is 365 g/mol. The number of halogens is 1. The maximum Gasteiger partial charge on any atom is 0.264 e. The van der Waals surface area contributed by atoms with Gasteiger partial charge in [-0.1, -0.05) is 12.1 Å². The van der Waals surface area contributed by atoms with E-state index in [1.54, 1.807) is 11.9 Å². The molecule has 2 aromatic carbocycles. The number of likely N-dealkylation sites (N-methyl/N-ethyl adjacent to an activating group) is 1. The van der Waals surface area contributed by atoms with Crippen LogP contribution in [-0.2, 0) is 4.79 Å². The van der Waals surface area contributed by atoms with Gasteiger partial charge in [0.15, 0.2) is 6.61 Å². The summed E-state index contributed by atoms with van der Waals surface area (Å²) < 4.78 is 6.64. The highest BCUT2D eigenvalue weighted by atomic mass is 127. The van der Waals surface area contributed by atoms with Crippen LogP contribution in [0.1, 0.15) is 5.56 Å². The number of aryl methyl sites for hydroxylation is 1. The van der Waals surface area contributed by atoms with Crippen molar-refractivity contribution in [2.75, 3.05) is 18.6 Å². The minimum absolute atomic E-state index is 0.0328. The fourth-order valence-electron chi connectivity index (χ4n) is 1.75. The van der Waals surface area contributed by atoms with E-state index in [4.69, 9.17) is 4.74 Å². The summed E-state index contributed by atoms with van der Waals surface area (Å²) in [4.78, 5) is 13.7. The molecule has 0 heterocycles. The fraction of sp³-hybridized carbons (Fsp3) is 0.188. The third-order valence-corrected chi connectivity index (χ3v) is 3.66. The molecule has 0 saturated heterocycles. The zero-order valence-corrected chi connectivity index (χ0v) is 13.6. The van der Waals surface area contributed by atoms with Gasteiger partial charge in [-0.3, -0.25) is 4.79 Å². The molecule has 0 spiro atoms. The van der Waals surface area contributed by atoms with E-state index in [0.29, 0.717) is 5.75 Å². The van der Waals surface area contributed by atoms with Crippen LogP contribution in [0.5, 0.6) is 5.75 Å². The molecule has 104 valence electrons. The Bertz CT molecular complexity index is 596. The van der Waals surface area contributed by atoms with Crippen LogP contribution in [0.3, 0.4) is 0 Å². The number of rotatable bonds is 4. The van der Waals surface area contributed by atoms with Crippen LogP contribution in [0, 0.1) is 10.5 Å². The van der Waals surface area contributed by atoms with E-state index in [9.17, 15) is 4.79 Å². The van der Waals surface area contributed by atoms with Crippen molar-refractivity contribution in [2.45, 2.75) is 6.92 Å². The van der Waals surface area contributed by atoms with E-state index in [1.807, 2.05) is 55.5 Å². The molecule has 4 heteroatoms. The largest absolute Gasteiger partial charge is 0.484 e. The van der Waals surface area contributed by atoms with Gasteiger partial charge in [0.05, 0.1) is 0 Å². The summed E-state index contributed by atoms with van der Waals surface area (Å²) in [5.74, 6) is 0.630. The second-order valence-corrected chi connectivity index (χ2v) is 5.78. The maximum absolute atomic E-state index is 12.1. The topological polar surface area (TPSA) is 29.5 Å². The van der Waals surface area contributed by atoms with Crippen LogP contribution in [-0.4, -0.2) is 19.6 Å². The van der Waals surface area contributed by atoms with Crippen LogP contribution in [0.2, 0.25) is 0 Å². The van der Waals surface area contributed by atoms with Crippen molar-refractivity contribution in [3.05, 3.63) is 57.7 Å². The van der Waals surface area contributed by atoms with Crippen LogP contribution >= 0.6 is 22.6 Å². The lowest BCUT2D eigenvalue weighted by molar-refractivity contribution is -0.120. The van der Waals surface area contributed by atoms with Crippen molar-refractivity contribution >= 4 is 34.2 Å². The lowest BCUT2D eigenvalue weighted by Crippen LogP contribution is -2.31. The van der Waals surface area contributed by atoms with Gasteiger partial charge in [-0.25, -0.2) is 0 Å². The molecule has 0 fully saturated rings. The summed E-state index contributed by atoms with van der Waals surface area (Å²) >= 11 is 2.23. The quantitative estimate of drug-likeness (QED) is 0.757. The minimum atomic E-state index is -0.0749. The maximum atomic E-state index is 12.1. The molecule has 0 saturated carbocycles. The summed E-state index contributed by atoms with van der Waals surface area (Å²) in [6, 6.07) is 15.5. The Balaban J connectivity index is 1.96. The van der Waals surface area contributed by atoms with Gasteiger partial charge in [-0.15, -0.1) is 0 Å². The number of hydrogen-bond donors (Lipinski definition) is 0. The summed E-state index contributed by atoms with van der Waals surface area (Å²) in [6.45, 7) is 2.04. The summed E-state index contributed by atoms with van der Waals surface area (Å²) in [7, 11) is 1.76. The Morgan fingerprint density at radius 3 is 2.55 bits per heavy atom. The molecule has 0 aromatic heterocycles. The Morgan fingerprint density at radius 1 is 1.20 bits per heavy atom. The van der Waals surface area contributed by atoms with Gasteiger partial charge in [0.1, 0.15) is 5.75 Å². The smallest absolute Gasteiger partial charge is 0.264 e. The number of amides is 1.